The van der Waals surface area contributed by atoms with Gasteiger partial charge in [-0.05, 0) is 19.1 Å². The van der Waals surface area contributed by atoms with Crippen molar-refractivity contribution in [3.8, 4) is 6.07 Å². The quantitative estimate of drug-likeness (QED) is 0.488. The third-order valence-electron chi connectivity index (χ3n) is 2.38. The van der Waals surface area contributed by atoms with Gasteiger partial charge in [0, 0.05) is 22.2 Å². The minimum atomic E-state index is -0.827. The molecule has 0 unspecified atom stereocenters. The number of thiophene rings is 1. The SMILES string of the molecule is C[C@@H](C#N)OC(=O)c1cc2cc([N+](=O)[O-])ccc2s1. The molecule has 2 aromatic rings. The summed E-state index contributed by atoms with van der Waals surface area (Å²) in [5.74, 6) is -0.599. The van der Waals surface area contributed by atoms with Crippen LogP contribution in [0.4, 0.5) is 5.69 Å². The van der Waals surface area contributed by atoms with Crippen LogP contribution < -0.4 is 0 Å². The van der Waals surface area contributed by atoms with Crippen LogP contribution in [0.5, 0.6) is 0 Å². The summed E-state index contributed by atoms with van der Waals surface area (Å²) in [6, 6.07) is 7.69. The summed E-state index contributed by atoms with van der Waals surface area (Å²) in [6.45, 7) is 1.47. The van der Waals surface area contributed by atoms with Crippen molar-refractivity contribution in [1.82, 2.24) is 0 Å². The summed E-state index contributed by atoms with van der Waals surface area (Å²) < 4.78 is 5.62. The minimum absolute atomic E-state index is 0.0318. The number of hydrogen-bond donors (Lipinski definition) is 0. The first-order valence-corrected chi connectivity index (χ1v) is 6.11. The van der Waals surface area contributed by atoms with Crippen molar-refractivity contribution < 1.29 is 14.5 Å². The van der Waals surface area contributed by atoms with Gasteiger partial charge in [0.2, 0.25) is 0 Å². The van der Waals surface area contributed by atoms with Crippen LogP contribution in [0.15, 0.2) is 24.3 Å². The Labute approximate surface area is 112 Å². The second-order valence-corrected chi connectivity index (χ2v) is 4.85. The molecule has 1 heterocycles. The number of ether oxygens (including phenoxy) is 1. The molecular weight excluding hydrogens is 268 g/mol. The zero-order chi connectivity index (χ0) is 14.0. The average molecular weight is 276 g/mol. The van der Waals surface area contributed by atoms with E-state index in [0.29, 0.717) is 10.3 Å². The van der Waals surface area contributed by atoms with Gasteiger partial charge in [-0.1, -0.05) is 0 Å². The number of nitro groups is 1. The van der Waals surface area contributed by atoms with Gasteiger partial charge in [-0.25, -0.2) is 4.79 Å². The molecule has 0 N–H and O–H groups in total. The molecule has 2 rings (SSSR count). The highest BCUT2D eigenvalue weighted by molar-refractivity contribution is 7.20. The van der Waals surface area contributed by atoms with Crippen LogP contribution >= 0.6 is 11.3 Å². The second kappa shape index (κ2) is 5.04. The first-order chi connectivity index (χ1) is 9.01. The van der Waals surface area contributed by atoms with Crippen molar-refractivity contribution in [2.24, 2.45) is 0 Å². The van der Waals surface area contributed by atoms with Crippen LogP contribution in [-0.2, 0) is 4.74 Å². The zero-order valence-electron chi connectivity index (χ0n) is 9.82. The van der Waals surface area contributed by atoms with E-state index in [-0.39, 0.29) is 5.69 Å². The number of carbonyl (C=O) groups excluding carboxylic acids is 1. The molecule has 1 atom stereocenters. The van der Waals surface area contributed by atoms with E-state index in [9.17, 15) is 14.9 Å². The Bertz CT molecular complexity index is 701. The molecule has 96 valence electrons. The van der Waals surface area contributed by atoms with E-state index in [1.807, 2.05) is 0 Å². The number of rotatable bonds is 3. The van der Waals surface area contributed by atoms with Gasteiger partial charge in [0.1, 0.15) is 10.9 Å². The largest absolute Gasteiger partial charge is 0.443 e. The predicted molar refractivity (Wildman–Crippen MR) is 69.0 cm³/mol. The summed E-state index contributed by atoms with van der Waals surface area (Å²) in [6.07, 6.45) is -0.827. The number of esters is 1. The number of non-ortho nitro benzene ring substituents is 1. The highest BCUT2D eigenvalue weighted by Crippen LogP contribution is 2.29. The summed E-state index contributed by atoms with van der Waals surface area (Å²) in [4.78, 5) is 22.2. The lowest BCUT2D eigenvalue weighted by molar-refractivity contribution is -0.384. The fourth-order valence-corrected chi connectivity index (χ4v) is 2.42. The average Bonchev–Trinajstić information content (AvgIpc) is 2.81. The summed E-state index contributed by atoms with van der Waals surface area (Å²) in [5.41, 5.74) is -0.0318. The van der Waals surface area contributed by atoms with Crippen LogP contribution in [0.2, 0.25) is 0 Å². The van der Waals surface area contributed by atoms with Crippen molar-refractivity contribution in [1.29, 1.82) is 5.26 Å². The molecule has 0 fully saturated rings. The van der Waals surface area contributed by atoms with Gasteiger partial charge in [0.05, 0.1) is 4.92 Å². The fourth-order valence-electron chi connectivity index (χ4n) is 1.49. The predicted octanol–water partition coefficient (Wildman–Crippen LogP) is 2.88. The van der Waals surface area contributed by atoms with Gasteiger partial charge in [-0.2, -0.15) is 5.26 Å². The highest BCUT2D eigenvalue weighted by Gasteiger charge is 2.16. The van der Waals surface area contributed by atoms with Crippen LogP contribution in [0.3, 0.4) is 0 Å². The fraction of sp³-hybridized carbons (Fsp3) is 0.167. The summed E-state index contributed by atoms with van der Waals surface area (Å²) in [7, 11) is 0. The molecule has 0 aliphatic carbocycles. The molecule has 1 aromatic carbocycles. The molecule has 0 spiro atoms. The van der Waals surface area contributed by atoms with Crippen LogP contribution in [0.25, 0.3) is 10.1 Å². The number of hydrogen-bond acceptors (Lipinski definition) is 6. The lowest BCUT2D eigenvalue weighted by Gasteiger charge is -2.02. The number of nitriles is 1. The molecule has 0 radical (unpaired) electrons. The molecule has 19 heavy (non-hydrogen) atoms. The summed E-state index contributed by atoms with van der Waals surface area (Å²) in [5, 5.41) is 19.8. The van der Waals surface area contributed by atoms with Crippen LogP contribution in [0, 0.1) is 21.4 Å². The van der Waals surface area contributed by atoms with E-state index in [2.05, 4.69) is 0 Å². The highest BCUT2D eigenvalue weighted by atomic mass is 32.1. The standard InChI is InChI=1S/C12H8N2O4S/c1-7(6-13)18-12(15)11-5-8-4-9(14(16)17)2-3-10(8)19-11/h2-5,7H,1H3/t7-/m0/s1. The van der Waals surface area contributed by atoms with E-state index in [4.69, 9.17) is 10.00 Å². The van der Waals surface area contributed by atoms with Crippen molar-refractivity contribution in [2.75, 3.05) is 0 Å². The number of benzene rings is 1. The molecule has 7 heteroatoms. The maximum atomic E-state index is 11.7. The second-order valence-electron chi connectivity index (χ2n) is 3.77. The van der Waals surface area contributed by atoms with Gasteiger partial charge in [0.15, 0.2) is 6.10 Å². The third-order valence-corrected chi connectivity index (χ3v) is 3.47. The number of nitrogens with zero attached hydrogens (tertiary/aromatic N) is 2. The Morgan fingerprint density at radius 2 is 2.26 bits per heavy atom. The normalized spacial score (nSPS) is 11.8. The molecule has 0 bridgehead atoms. The smallest absolute Gasteiger partial charge is 0.349 e. The molecule has 0 saturated heterocycles. The van der Waals surface area contributed by atoms with Gasteiger partial charge in [-0.3, -0.25) is 10.1 Å². The summed E-state index contributed by atoms with van der Waals surface area (Å²) >= 11 is 1.17. The maximum absolute atomic E-state index is 11.7. The van der Waals surface area contributed by atoms with Crippen LogP contribution in [0.1, 0.15) is 16.6 Å². The van der Waals surface area contributed by atoms with Crippen molar-refractivity contribution in [3.63, 3.8) is 0 Å². The molecular formula is C12H8N2O4S. The first-order valence-electron chi connectivity index (χ1n) is 5.30. The van der Waals surface area contributed by atoms with Gasteiger partial charge in [-0.15, -0.1) is 11.3 Å². The Kier molecular flexibility index (Phi) is 3.44. The molecule has 1 aromatic heterocycles. The van der Waals surface area contributed by atoms with Gasteiger partial charge >= 0.3 is 5.97 Å². The zero-order valence-corrected chi connectivity index (χ0v) is 10.6. The molecule has 0 amide bonds. The number of nitro benzene ring substituents is 1. The molecule has 0 aliphatic rings. The van der Waals surface area contributed by atoms with Crippen molar-refractivity contribution in [3.05, 3.63) is 39.3 Å². The van der Waals surface area contributed by atoms with Gasteiger partial charge < -0.3 is 4.74 Å². The molecule has 0 saturated carbocycles. The van der Waals surface area contributed by atoms with Gasteiger partial charge in [0.25, 0.3) is 5.69 Å². The Morgan fingerprint density at radius 3 is 2.89 bits per heavy atom. The monoisotopic (exact) mass is 276 g/mol. The van der Waals surface area contributed by atoms with E-state index in [1.165, 1.54) is 36.5 Å². The Balaban J connectivity index is 2.34. The van der Waals surface area contributed by atoms with Crippen molar-refractivity contribution >= 4 is 33.1 Å². The number of fused-ring (bicyclic) bond motifs is 1. The Morgan fingerprint density at radius 1 is 1.53 bits per heavy atom. The first kappa shape index (κ1) is 13.0. The van der Waals surface area contributed by atoms with E-state index >= 15 is 0 Å². The number of carbonyl (C=O) groups is 1. The minimum Gasteiger partial charge on any atom is -0.443 e. The van der Waals surface area contributed by atoms with E-state index in [0.717, 1.165) is 4.70 Å². The maximum Gasteiger partial charge on any atom is 0.349 e. The topological polar surface area (TPSA) is 93.2 Å². The molecule has 0 aliphatic heterocycles. The lowest BCUT2D eigenvalue weighted by atomic mass is 10.2. The Hall–Kier alpha value is -2.46. The van der Waals surface area contributed by atoms with E-state index < -0.39 is 17.0 Å². The van der Waals surface area contributed by atoms with E-state index in [1.54, 1.807) is 12.1 Å². The van der Waals surface area contributed by atoms with Crippen molar-refractivity contribution in [2.45, 2.75) is 13.0 Å². The molecule has 6 nitrogen and oxygen atoms in total. The lowest BCUT2D eigenvalue weighted by Crippen LogP contribution is -2.11. The third kappa shape index (κ3) is 2.69. The van der Waals surface area contributed by atoms with Crippen LogP contribution in [-0.4, -0.2) is 17.0 Å².